The Labute approximate surface area is 201 Å². The number of amides is 2. The van der Waals surface area contributed by atoms with E-state index < -0.39 is 0 Å². The van der Waals surface area contributed by atoms with Crippen molar-refractivity contribution in [2.45, 2.75) is 52.5 Å². The molecule has 1 aromatic heterocycles. The molecule has 1 aliphatic heterocycles. The predicted molar refractivity (Wildman–Crippen MR) is 131 cm³/mol. The average Bonchev–Trinajstić information content (AvgIpc) is 2.81. The highest BCUT2D eigenvalue weighted by atomic mass is 35.5. The molecule has 0 saturated carbocycles. The maximum absolute atomic E-state index is 13.4. The Morgan fingerprint density at radius 3 is 2.52 bits per heavy atom. The standard InChI is InChI=1S/C26H34ClN3O3/c1-4-29-15-9-5-6-10-16-30(26(32)22-14-13-20(27)17-28-22)23(19(2)3)18-33-24-12-8-7-11-21(24)25(29)31/h7-8,11-14,17,19,23H,4-6,9-10,15-16,18H2,1-3H3/t23-/m1/s1. The second-order valence-electron chi connectivity index (χ2n) is 8.78. The molecule has 2 heterocycles. The van der Waals surface area contributed by atoms with E-state index in [9.17, 15) is 9.59 Å². The number of carbonyl (C=O) groups excluding carboxylic acids is 2. The number of fused-ring (bicyclic) bond motifs is 1. The molecule has 7 heteroatoms. The first kappa shape index (κ1) is 25.0. The molecule has 0 radical (unpaired) electrons. The average molecular weight is 472 g/mol. The van der Waals surface area contributed by atoms with Crippen molar-refractivity contribution in [3.63, 3.8) is 0 Å². The molecule has 0 N–H and O–H groups in total. The van der Waals surface area contributed by atoms with Crippen LogP contribution in [0.4, 0.5) is 0 Å². The Morgan fingerprint density at radius 1 is 1.12 bits per heavy atom. The molecule has 1 atom stereocenters. The monoisotopic (exact) mass is 471 g/mol. The highest BCUT2D eigenvalue weighted by Crippen LogP contribution is 2.24. The van der Waals surface area contributed by atoms with Crippen molar-refractivity contribution in [3.05, 3.63) is 58.9 Å². The second kappa shape index (κ2) is 12.0. The first-order chi connectivity index (χ1) is 15.9. The van der Waals surface area contributed by atoms with Gasteiger partial charge in [-0.3, -0.25) is 9.59 Å². The van der Waals surface area contributed by atoms with Gasteiger partial charge in [0.25, 0.3) is 11.8 Å². The number of nitrogens with zero attached hydrogens (tertiary/aromatic N) is 3. The number of hydrogen-bond acceptors (Lipinski definition) is 4. The third-order valence-corrected chi connectivity index (χ3v) is 6.37. The molecule has 0 bridgehead atoms. The predicted octanol–water partition coefficient (Wildman–Crippen LogP) is 5.32. The minimum Gasteiger partial charge on any atom is -0.491 e. The number of carbonyl (C=O) groups is 2. The number of benzene rings is 1. The number of pyridine rings is 1. The molecule has 3 rings (SSSR count). The van der Waals surface area contributed by atoms with E-state index in [-0.39, 0.29) is 23.8 Å². The molecule has 178 valence electrons. The minimum atomic E-state index is -0.164. The van der Waals surface area contributed by atoms with Crippen LogP contribution < -0.4 is 4.74 Å². The van der Waals surface area contributed by atoms with Gasteiger partial charge in [-0.2, -0.15) is 0 Å². The Hall–Kier alpha value is -2.60. The Kier molecular flexibility index (Phi) is 9.12. The van der Waals surface area contributed by atoms with Crippen molar-refractivity contribution in [3.8, 4) is 5.75 Å². The smallest absolute Gasteiger partial charge is 0.272 e. The quantitative estimate of drug-likeness (QED) is 0.608. The zero-order valence-corrected chi connectivity index (χ0v) is 20.6. The summed E-state index contributed by atoms with van der Waals surface area (Å²) in [6, 6.07) is 10.6. The van der Waals surface area contributed by atoms with Gasteiger partial charge in [0, 0.05) is 25.8 Å². The lowest BCUT2D eigenvalue weighted by atomic mass is 10.0. The summed E-state index contributed by atoms with van der Waals surface area (Å²) < 4.78 is 6.22. The molecule has 0 unspecified atom stereocenters. The Bertz CT molecular complexity index is 933. The fourth-order valence-corrected chi connectivity index (χ4v) is 4.28. The number of para-hydroxylation sites is 1. The van der Waals surface area contributed by atoms with Gasteiger partial charge in [0.2, 0.25) is 0 Å². The van der Waals surface area contributed by atoms with Crippen LogP contribution in [-0.2, 0) is 0 Å². The van der Waals surface area contributed by atoms with Crippen LogP contribution in [0.15, 0.2) is 42.6 Å². The van der Waals surface area contributed by atoms with Crippen LogP contribution in [0.2, 0.25) is 5.02 Å². The van der Waals surface area contributed by atoms with E-state index >= 15 is 0 Å². The number of aromatic nitrogens is 1. The zero-order chi connectivity index (χ0) is 23.8. The summed E-state index contributed by atoms with van der Waals surface area (Å²) in [4.78, 5) is 34.7. The fourth-order valence-electron chi connectivity index (χ4n) is 4.17. The van der Waals surface area contributed by atoms with Crippen LogP contribution in [0.3, 0.4) is 0 Å². The summed E-state index contributed by atoms with van der Waals surface area (Å²) in [7, 11) is 0. The van der Waals surface area contributed by atoms with Gasteiger partial charge in [0.05, 0.1) is 16.6 Å². The lowest BCUT2D eigenvalue weighted by Crippen LogP contribution is -2.47. The Balaban J connectivity index is 1.92. The van der Waals surface area contributed by atoms with Crippen molar-refractivity contribution in [1.29, 1.82) is 0 Å². The van der Waals surface area contributed by atoms with Crippen molar-refractivity contribution in [1.82, 2.24) is 14.8 Å². The summed E-state index contributed by atoms with van der Waals surface area (Å²) in [6.45, 7) is 8.49. The molecule has 0 saturated heterocycles. The van der Waals surface area contributed by atoms with Crippen molar-refractivity contribution >= 4 is 23.4 Å². The minimum absolute atomic E-state index is 0.00967. The lowest BCUT2D eigenvalue weighted by Gasteiger charge is -2.35. The van der Waals surface area contributed by atoms with Crippen LogP contribution in [0, 0.1) is 5.92 Å². The van der Waals surface area contributed by atoms with Gasteiger partial charge in [-0.15, -0.1) is 0 Å². The molecule has 1 aromatic carbocycles. The largest absolute Gasteiger partial charge is 0.491 e. The van der Waals surface area contributed by atoms with E-state index in [1.165, 1.54) is 6.20 Å². The second-order valence-corrected chi connectivity index (χ2v) is 9.21. The summed E-state index contributed by atoms with van der Waals surface area (Å²) in [5.74, 6) is 0.581. The molecule has 33 heavy (non-hydrogen) atoms. The van der Waals surface area contributed by atoms with Gasteiger partial charge in [-0.1, -0.05) is 50.4 Å². The number of halogens is 1. The first-order valence-corrected chi connectivity index (χ1v) is 12.2. The third kappa shape index (κ3) is 6.47. The molecule has 2 aromatic rings. The molecule has 0 fully saturated rings. The third-order valence-electron chi connectivity index (χ3n) is 6.15. The van der Waals surface area contributed by atoms with Crippen molar-refractivity contribution in [2.24, 2.45) is 5.92 Å². The van der Waals surface area contributed by atoms with E-state index in [1.807, 2.05) is 41.0 Å². The van der Waals surface area contributed by atoms with Gasteiger partial charge in [-0.05, 0) is 49.9 Å². The summed E-state index contributed by atoms with van der Waals surface area (Å²) in [6.07, 6.45) is 5.32. The summed E-state index contributed by atoms with van der Waals surface area (Å²) in [5, 5.41) is 0.499. The molecule has 1 aliphatic rings. The van der Waals surface area contributed by atoms with Gasteiger partial charge in [0.1, 0.15) is 18.1 Å². The normalized spacial score (nSPS) is 18.5. The first-order valence-electron chi connectivity index (χ1n) is 11.9. The molecule has 0 aliphatic carbocycles. The lowest BCUT2D eigenvalue weighted by molar-refractivity contribution is 0.0516. The number of ether oxygens (including phenoxy) is 1. The molecule has 2 amide bonds. The highest BCUT2D eigenvalue weighted by molar-refractivity contribution is 6.30. The van der Waals surface area contributed by atoms with E-state index in [0.29, 0.717) is 41.7 Å². The van der Waals surface area contributed by atoms with Gasteiger partial charge in [-0.25, -0.2) is 4.98 Å². The van der Waals surface area contributed by atoms with Crippen LogP contribution in [0.5, 0.6) is 5.75 Å². The summed E-state index contributed by atoms with van der Waals surface area (Å²) >= 11 is 5.97. The van der Waals surface area contributed by atoms with E-state index in [2.05, 4.69) is 18.8 Å². The van der Waals surface area contributed by atoms with Crippen molar-refractivity contribution < 1.29 is 14.3 Å². The molecule has 0 spiro atoms. The SMILES string of the molecule is CCN1CCCCCCN(C(=O)c2ccc(Cl)cn2)[C@@H](C(C)C)COc2ccccc2C1=O. The maximum atomic E-state index is 13.4. The topological polar surface area (TPSA) is 62.7 Å². The zero-order valence-electron chi connectivity index (χ0n) is 19.8. The molecule has 6 nitrogen and oxygen atoms in total. The van der Waals surface area contributed by atoms with E-state index in [4.69, 9.17) is 16.3 Å². The van der Waals surface area contributed by atoms with Crippen LogP contribution in [0.25, 0.3) is 0 Å². The van der Waals surface area contributed by atoms with E-state index in [1.54, 1.807) is 12.1 Å². The number of rotatable bonds is 3. The maximum Gasteiger partial charge on any atom is 0.272 e. The van der Waals surface area contributed by atoms with Crippen LogP contribution in [0.1, 0.15) is 67.3 Å². The van der Waals surface area contributed by atoms with E-state index in [0.717, 1.165) is 32.2 Å². The Morgan fingerprint density at radius 2 is 1.85 bits per heavy atom. The molecular weight excluding hydrogens is 438 g/mol. The summed E-state index contributed by atoms with van der Waals surface area (Å²) in [5.41, 5.74) is 0.941. The van der Waals surface area contributed by atoms with Crippen molar-refractivity contribution in [2.75, 3.05) is 26.2 Å². The van der Waals surface area contributed by atoms with Crippen LogP contribution in [-0.4, -0.2) is 58.9 Å². The van der Waals surface area contributed by atoms with Gasteiger partial charge in [0.15, 0.2) is 0 Å². The fraction of sp³-hybridized carbons (Fsp3) is 0.500. The highest BCUT2D eigenvalue weighted by Gasteiger charge is 2.29. The molecular formula is C26H34ClN3O3. The van der Waals surface area contributed by atoms with Crippen LogP contribution >= 0.6 is 11.6 Å². The number of hydrogen-bond donors (Lipinski definition) is 0. The van der Waals surface area contributed by atoms with Gasteiger partial charge < -0.3 is 14.5 Å². The van der Waals surface area contributed by atoms with Gasteiger partial charge >= 0.3 is 0 Å².